The van der Waals surface area contributed by atoms with Gasteiger partial charge >= 0.3 is 0 Å². The van der Waals surface area contributed by atoms with Gasteiger partial charge in [0.1, 0.15) is 17.2 Å². The minimum atomic E-state index is 0.0381. The molecule has 2 rings (SSSR count). The van der Waals surface area contributed by atoms with E-state index in [9.17, 15) is 15.3 Å². The first-order valence-electron chi connectivity index (χ1n) is 6.43. The Morgan fingerprint density at radius 3 is 1.84 bits per heavy atom. The van der Waals surface area contributed by atoms with E-state index in [0.717, 1.165) is 29.5 Å². The molecule has 0 fully saturated rings. The fraction of sp³-hybridized carbons (Fsp3) is 0.250. The Morgan fingerprint density at radius 1 is 0.789 bits per heavy atom. The monoisotopic (exact) mass is 258 g/mol. The normalized spacial score (nSPS) is 10.6. The topological polar surface area (TPSA) is 60.7 Å². The molecule has 0 aromatic heterocycles. The van der Waals surface area contributed by atoms with Gasteiger partial charge in [0.25, 0.3) is 0 Å². The Morgan fingerprint density at radius 2 is 1.37 bits per heavy atom. The maximum Gasteiger partial charge on any atom is 0.127 e. The van der Waals surface area contributed by atoms with Gasteiger partial charge in [-0.15, -0.1) is 0 Å². The van der Waals surface area contributed by atoms with Crippen molar-refractivity contribution in [2.45, 2.75) is 26.7 Å². The molecule has 0 saturated heterocycles. The van der Waals surface area contributed by atoms with Crippen molar-refractivity contribution in [3.8, 4) is 28.4 Å². The van der Waals surface area contributed by atoms with Crippen LogP contribution in [-0.2, 0) is 12.8 Å². The molecule has 3 N–H and O–H groups in total. The SMILES string of the molecule is CCc1cc(O)cc(CC)c1-c1ccc(O)cc1O. The van der Waals surface area contributed by atoms with Gasteiger partial charge in [-0.2, -0.15) is 0 Å². The van der Waals surface area contributed by atoms with Crippen molar-refractivity contribution in [3.63, 3.8) is 0 Å². The summed E-state index contributed by atoms with van der Waals surface area (Å²) in [5.74, 6) is 0.335. The Balaban J connectivity index is 2.72. The first-order chi connectivity index (χ1) is 9.06. The van der Waals surface area contributed by atoms with E-state index in [2.05, 4.69) is 0 Å². The molecule has 0 saturated carbocycles. The van der Waals surface area contributed by atoms with Crippen molar-refractivity contribution in [3.05, 3.63) is 41.5 Å². The van der Waals surface area contributed by atoms with Crippen LogP contribution in [0.4, 0.5) is 0 Å². The van der Waals surface area contributed by atoms with Crippen LogP contribution in [0.1, 0.15) is 25.0 Å². The summed E-state index contributed by atoms with van der Waals surface area (Å²) >= 11 is 0. The molecule has 0 bridgehead atoms. The lowest BCUT2D eigenvalue weighted by Crippen LogP contribution is -1.95. The van der Waals surface area contributed by atoms with E-state index in [1.807, 2.05) is 13.8 Å². The summed E-state index contributed by atoms with van der Waals surface area (Å²) in [4.78, 5) is 0. The van der Waals surface area contributed by atoms with Gasteiger partial charge in [-0.05, 0) is 53.8 Å². The van der Waals surface area contributed by atoms with Crippen LogP contribution in [0.3, 0.4) is 0 Å². The Labute approximate surface area is 112 Å². The van der Waals surface area contributed by atoms with Crippen LogP contribution in [-0.4, -0.2) is 15.3 Å². The summed E-state index contributed by atoms with van der Waals surface area (Å²) in [6.07, 6.45) is 1.52. The average molecular weight is 258 g/mol. The Kier molecular flexibility index (Phi) is 3.65. The summed E-state index contributed by atoms with van der Waals surface area (Å²) in [6.45, 7) is 4.02. The highest BCUT2D eigenvalue weighted by atomic mass is 16.3. The molecule has 0 heterocycles. The Bertz CT molecular complexity index is 578. The molecule has 3 nitrogen and oxygen atoms in total. The van der Waals surface area contributed by atoms with Crippen molar-refractivity contribution in [1.29, 1.82) is 0 Å². The van der Waals surface area contributed by atoms with Crippen molar-refractivity contribution < 1.29 is 15.3 Å². The molecule has 0 atom stereocenters. The van der Waals surface area contributed by atoms with E-state index < -0.39 is 0 Å². The third-order valence-corrected chi connectivity index (χ3v) is 3.30. The number of rotatable bonds is 3. The molecule has 19 heavy (non-hydrogen) atoms. The number of phenolic OH excluding ortho intramolecular Hbond substituents is 3. The summed E-state index contributed by atoms with van der Waals surface area (Å²) < 4.78 is 0. The third kappa shape index (κ3) is 2.50. The predicted octanol–water partition coefficient (Wildman–Crippen LogP) is 3.60. The molecule has 0 aliphatic heterocycles. The van der Waals surface area contributed by atoms with E-state index in [1.54, 1.807) is 24.3 Å². The lowest BCUT2D eigenvalue weighted by molar-refractivity contribution is 0.451. The molecule has 0 aliphatic rings. The predicted molar refractivity (Wildman–Crippen MR) is 75.6 cm³/mol. The van der Waals surface area contributed by atoms with Crippen molar-refractivity contribution >= 4 is 0 Å². The Hall–Kier alpha value is -2.16. The van der Waals surface area contributed by atoms with Crippen LogP contribution >= 0.6 is 0 Å². The van der Waals surface area contributed by atoms with Crippen molar-refractivity contribution in [2.75, 3.05) is 0 Å². The summed E-state index contributed by atoms with van der Waals surface area (Å²) in [7, 11) is 0. The highest BCUT2D eigenvalue weighted by molar-refractivity contribution is 5.77. The quantitative estimate of drug-likeness (QED) is 0.788. The number of hydrogen-bond acceptors (Lipinski definition) is 3. The number of aryl methyl sites for hydroxylation is 2. The number of hydrogen-bond donors (Lipinski definition) is 3. The number of benzene rings is 2. The fourth-order valence-corrected chi connectivity index (χ4v) is 2.38. The lowest BCUT2D eigenvalue weighted by Gasteiger charge is -2.15. The standard InChI is InChI=1S/C16H18O3/c1-3-10-7-13(18)8-11(4-2)16(10)14-6-5-12(17)9-15(14)19/h5-9,17-19H,3-4H2,1-2H3. The second-order valence-corrected chi connectivity index (χ2v) is 4.55. The molecular formula is C16H18O3. The molecule has 3 heteroatoms. The van der Waals surface area contributed by atoms with Gasteiger partial charge in [-0.3, -0.25) is 0 Å². The van der Waals surface area contributed by atoms with Crippen LogP contribution in [0.2, 0.25) is 0 Å². The van der Waals surface area contributed by atoms with Gasteiger partial charge in [-0.25, -0.2) is 0 Å². The van der Waals surface area contributed by atoms with E-state index in [0.29, 0.717) is 5.56 Å². The second kappa shape index (κ2) is 5.22. The van der Waals surface area contributed by atoms with Gasteiger partial charge in [0.05, 0.1) is 0 Å². The smallest absolute Gasteiger partial charge is 0.127 e. The first kappa shape index (κ1) is 13.3. The van der Waals surface area contributed by atoms with E-state index in [4.69, 9.17) is 0 Å². The minimum absolute atomic E-state index is 0.0381. The van der Waals surface area contributed by atoms with Gasteiger partial charge in [0, 0.05) is 11.6 Å². The summed E-state index contributed by atoms with van der Waals surface area (Å²) in [6, 6.07) is 8.04. The van der Waals surface area contributed by atoms with Crippen molar-refractivity contribution in [1.82, 2.24) is 0 Å². The summed E-state index contributed by atoms with van der Waals surface area (Å²) in [5, 5.41) is 29.2. The molecule has 0 radical (unpaired) electrons. The largest absolute Gasteiger partial charge is 0.508 e. The molecule has 100 valence electrons. The zero-order chi connectivity index (χ0) is 14.0. The van der Waals surface area contributed by atoms with Gasteiger partial charge in [0.2, 0.25) is 0 Å². The summed E-state index contributed by atoms with van der Waals surface area (Å²) in [5.41, 5.74) is 3.60. The molecular weight excluding hydrogens is 240 g/mol. The molecule has 2 aromatic carbocycles. The number of phenols is 3. The van der Waals surface area contributed by atoms with Gasteiger partial charge < -0.3 is 15.3 Å². The molecule has 0 unspecified atom stereocenters. The van der Waals surface area contributed by atoms with Crippen LogP contribution < -0.4 is 0 Å². The van der Waals surface area contributed by atoms with E-state index >= 15 is 0 Å². The highest BCUT2D eigenvalue weighted by Crippen LogP contribution is 2.38. The van der Waals surface area contributed by atoms with Crippen LogP contribution in [0, 0.1) is 0 Å². The molecule has 2 aromatic rings. The van der Waals surface area contributed by atoms with E-state index in [-0.39, 0.29) is 17.2 Å². The number of aromatic hydroxyl groups is 3. The minimum Gasteiger partial charge on any atom is -0.508 e. The maximum atomic E-state index is 10.0. The van der Waals surface area contributed by atoms with Crippen LogP contribution in [0.15, 0.2) is 30.3 Å². The van der Waals surface area contributed by atoms with E-state index in [1.165, 1.54) is 6.07 Å². The second-order valence-electron chi connectivity index (χ2n) is 4.55. The molecule has 0 amide bonds. The van der Waals surface area contributed by atoms with Gasteiger partial charge in [-0.1, -0.05) is 13.8 Å². The lowest BCUT2D eigenvalue weighted by atomic mass is 9.91. The highest BCUT2D eigenvalue weighted by Gasteiger charge is 2.14. The van der Waals surface area contributed by atoms with Crippen molar-refractivity contribution in [2.24, 2.45) is 0 Å². The van der Waals surface area contributed by atoms with Gasteiger partial charge in [0.15, 0.2) is 0 Å². The zero-order valence-electron chi connectivity index (χ0n) is 11.1. The molecule has 0 spiro atoms. The van der Waals surface area contributed by atoms with Crippen LogP contribution in [0.5, 0.6) is 17.2 Å². The third-order valence-electron chi connectivity index (χ3n) is 3.30. The zero-order valence-corrected chi connectivity index (χ0v) is 11.1. The first-order valence-corrected chi connectivity index (χ1v) is 6.43. The maximum absolute atomic E-state index is 10.0. The molecule has 0 aliphatic carbocycles. The average Bonchev–Trinajstić information content (AvgIpc) is 2.38. The van der Waals surface area contributed by atoms with Crippen LogP contribution in [0.25, 0.3) is 11.1 Å². The fourth-order valence-electron chi connectivity index (χ4n) is 2.38.